The third-order valence-corrected chi connectivity index (χ3v) is 6.44. The number of anilines is 1. The summed E-state index contributed by atoms with van der Waals surface area (Å²) in [4.78, 5) is 30.7. The Morgan fingerprint density at radius 1 is 1.04 bits per heavy atom. The lowest BCUT2D eigenvalue weighted by atomic mass is 9.89. The molecule has 0 radical (unpaired) electrons. The molecule has 6 nitrogen and oxygen atoms in total. The van der Waals surface area contributed by atoms with Crippen molar-refractivity contribution in [3.63, 3.8) is 0 Å². The van der Waals surface area contributed by atoms with Gasteiger partial charge in [0.15, 0.2) is 5.13 Å². The molecule has 2 saturated carbocycles. The molecule has 0 bridgehead atoms. The maximum Gasteiger partial charge on any atom is 0.347 e. The van der Waals surface area contributed by atoms with Crippen LogP contribution in [0.4, 0.5) is 9.93 Å². The van der Waals surface area contributed by atoms with Crippen LogP contribution in [0.5, 0.6) is 0 Å². The second kappa shape index (κ2) is 8.17. The maximum absolute atomic E-state index is 13.0. The third kappa shape index (κ3) is 4.32. The topological polar surface area (TPSA) is 82.5 Å². The number of amides is 2. The first-order valence-electron chi connectivity index (χ1n) is 9.36. The van der Waals surface area contributed by atoms with Gasteiger partial charge >= 0.3 is 12.0 Å². The standard InChI is InChI=1S/C18H27N3O3S/c1-12-15(16(22)23)25-17(19-12)20-18(24)21(13-8-4-2-5-9-13)14-10-6-3-7-11-14/h13-14H,2-11H2,1H3,(H,22,23)(H,19,20,24). The normalized spacial score (nSPS) is 19.6. The van der Waals surface area contributed by atoms with E-state index < -0.39 is 5.97 Å². The van der Waals surface area contributed by atoms with E-state index in [0.717, 1.165) is 37.0 Å². The summed E-state index contributed by atoms with van der Waals surface area (Å²) in [6.45, 7) is 1.66. The van der Waals surface area contributed by atoms with E-state index in [1.54, 1.807) is 6.92 Å². The number of carboxylic acids is 1. The van der Waals surface area contributed by atoms with Gasteiger partial charge in [-0.15, -0.1) is 0 Å². The molecule has 1 aromatic heterocycles. The summed E-state index contributed by atoms with van der Waals surface area (Å²) in [6.07, 6.45) is 11.5. The summed E-state index contributed by atoms with van der Waals surface area (Å²) in [5.74, 6) is -0.994. The van der Waals surface area contributed by atoms with Gasteiger partial charge < -0.3 is 10.0 Å². The molecule has 7 heteroatoms. The second-order valence-corrected chi connectivity index (χ2v) is 8.16. The fraction of sp³-hybridized carbons (Fsp3) is 0.722. The van der Waals surface area contributed by atoms with Crippen LogP contribution in [-0.4, -0.2) is 39.1 Å². The SMILES string of the molecule is Cc1nc(NC(=O)N(C2CCCCC2)C2CCCCC2)sc1C(=O)O. The molecule has 2 fully saturated rings. The van der Waals surface area contributed by atoms with Gasteiger partial charge in [0.1, 0.15) is 4.88 Å². The smallest absolute Gasteiger partial charge is 0.347 e. The van der Waals surface area contributed by atoms with Crippen molar-refractivity contribution in [3.8, 4) is 0 Å². The van der Waals surface area contributed by atoms with E-state index in [0.29, 0.717) is 22.9 Å². The Morgan fingerprint density at radius 2 is 1.56 bits per heavy atom. The Balaban J connectivity index is 1.75. The van der Waals surface area contributed by atoms with Gasteiger partial charge in [0.2, 0.25) is 0 Å². The third-order valence-electron chi connectivity index (χ3n) is 5.38. The minimum Gasteiger partial charge on any atom is -0.477 e. The van der Waals surface area contributed by atoms with E-state index in [4.69, 9.17) is 0 Å². The monoisotopic (exact) mass is 365 g/mol. The number of urea groups is 1. The summed E-state index contributed by atoms with van der Waals surface area (Å²) in [5, 5.41) is 12.4. The van der Waals surface area contributed by atoms with E-state index in [1.165, 1.54) is 38.5 Å². The molecule has 2 aliphatic rings. The number of hydrogen-bond acceptors (Lipinski definition) is 4. The van der Waals surface area contributed by atoms with E-state index in [9.17, 15) is 14.7 Å². The fourth-order valence-corrected chi connectivity index (χ4v) is 4.95. The van der Waals surface area contributed by atoms with Crippen LogP contribution in [-0.2, 0) is 0 Å². The van der Waals surface area contributed by atoms with Gasteiger partial charge in [-0.1, -0.05) is 49.9 Å². The number of carboxylic acid groups (broad SMARTS) is 1. The predicted octanol–water partition coefficient (Wildman–Crippen LogP) is 4.65. The van der Waals surface area contributed by atoms with Crippen molar-refractivity contribution in [1.82, 2.24) is 9.88 Å². The van der Waals surface area contributed by atoms with Crippen LogP contribution >= 0.6 is 11.3 Å². The number of thiazole rings is 1. The summed E-state index contributed by atoms with van der Waals surface area (Å²) < 4.78 is 0. The van der Waals surface area contributed by atoms with Gasteiger partial charge in [0, 0.05) is 12.1 Å². The predicted molar refractivity (Wildman–Crippen MR) is 98.4 cm³/mol. The zero-order valence-corrected chi connectivity index (χ0v) is 15.6. The molecule has 0 aromatic carbocycles. The largest absolute Gasteiger partial charge is 0.477 e. The molecule has 1 aromatic rings. The van der Waals surface area contributed by atoms with Gasteiger partial charge in [-0.25, -0.2) is 14.6 Å². The molecular formula is C18H27N3O3S. The highest BCUT2D eigenvalue weighted by atomic mass is 32.1. The van der Waals surface area contributed by atoms with Crippen molar-refractivity contribution in [3.05, 3.63) is 10.6 Å². The zero-order chi connectivity index (χ0) is 17.8. The molecule has 2 amide bonds. The van der Waals surface area contributed by atoms with Crippen molar-refractivity contribution in [2.75, 3.05) is 5.32 Å². The minimum atomic E-state index is -0.994. The molecule has 0 aliphatic heterocycles. The number of nitrogens with one attached hydrogen (secondary N) is 1. The Bertz CT molecular complexity index is 601. The van der Waals surface area contributed by atoms with E-state index in [-0.39, 0.29) is 10.9 Å². The van der Waals surface area contributed by atoms with Gasteiger partial charge in [-0.3, -0.25) is 5.32 Å². The quantitative estimate of drug-likeness (QED) is 0.813. The Morgan fingerprint density at radius 3 is 2.00 bits per heavy atom. The molecule has 0 spiro atoms. The minimum absolute atomic E-state index is 0.107. The van der Waals surface area contributed by atoms with Crippen LogP contribution in [0.25, 0.3) is 0 Å². The van der Waals surface area contributed by atoms with Gasteiger partial charge in [0.05, 0.1) is 5.69 Å². The molecule has 0 atom stereocenters. The van der Waals surface area contributed by atoms with Crippen LogP contribution in [0.15, 0.2) is 0 Å². The van der Waals surface area contributed by atoms with Gasteiger partial charge in [-0.2, -0.15) is 0 Å². The first kappa shape index (κ1) is 18.2. The number of carbonyl (C=O) groups excluding carboxylic acids is 1. The zero-order valence-electron chi connectivity index (χ0n) is 14.8. The lowest BCUT2D eigenvalue weighted by molar-refractivity contribution is 0.0701. The van der Waals surface area contributed by atoms with E-state index in [2.05, 4.69) is 15.2 Å². The van der Waals surface area contributed by atoms with Crippen LogP contribution in [0.3, 0.4) is 0 Å². The summed E-state index contributed by atoms with van der Waals surface area (Å²) in [7, 11) is 0. The fourth-order valence-electron chi connectivity index (χ4n) is 4.15. The molecule has 0 unspecified atom stereocenters. The number of carbonyl (C=O) groups is 2. The average molecular weight is 365 g/mol. The lowest BCUT2D eigenvalue weighted by Crippen LogP contribution is -2.50. The van der Waals surface area contributed by atoms with E-state index >= 15 is 0 Å². The Hall–Kier alpha value is -1.63. The lowest BCUT2D eigenvalue weighted by Gasteiger charge is -2.41. The first-order chi connectivity index (χ1) is 12.1. The van der Waals surface area contributed by atoms with Crippen molar-refractivity contribution < 1.29 is 14.7 Å². The first-order valence-corrected chi connectivity index (χ1v) is 10.2. The summed E-state index contributed by atoms with van der Waals surface area (Å²) in [5.41, 5.74) is 0.453. The Kier molecular flexibility index (Phi) is 5.93. The second-order valence-electron chi connectivity index (χ2n) is 7.16. The van der Waals surface area contributed by atoms with Crippen molar-refractivity contribution >= 4 is 28.5 Å². The highest BCUT2D eigenvalue weighted by Crippen LogP contribution is 2.31. The molecular weight excluding hydrogens is 338 g/mol. The number of aromatic nitrogens is 1. The van der Waals surface area contributed by atoms with E-state index in [1.807, 2.05) is 0 Å². The number of aryl methyl sites for hydroxylation is 1. The average Bonchev–Trinajstić information content (AvgIpc) is 2.97. The molecule has 2 N–H and O–H groups in total. The van der Waals surface area contributed by atoms with Crippen molar-refractivity contribution in [1.29, 1.82) is 0 Å². The molecule has 0 saturated heterocycles. The summed E-state index contributed by atoms with van der Waals surface area (Å²) >= 11 is 1.04. The highest BCUT2D eigenvalue weighted by Gasteiger charge is 2.33. The van der Waals surface area contributed by atoms with Crippen molar-refractivity contribution in [2.45, 2.75) is 83.2 Å². The number of nitrogens with zero attached hydrogens (tertiary/aromatic N) is 2. The molecule has 1 heterocycles. The number of hydrogen-bond donors (Lipinski definition) is 2. The van der Waals surface area contributed by atoms with Crippen LogP contribution < -0.4 is 5.32 Å². The number of aromatic carboxylic acids is 1. The molecule has 25 heavy (non-hydrogen) atoms. The van der Waals surface area contributed by atoms with Crippen LogP contribution in [0, 0.1) is 6.92 Å². The van der Waals surface area contributed by atoms with Gasteiger partial charge in [0.25, 0.3) is 0 Å². The van der Waals surface area contributed by atoms with Crippen LogP contribution in [0.1, 0.15) is 79.6 Å². The molecule has 2 aliphatic carbocycles. The maximum atomic E-state index is 13.0. The highest BCUT2D eigenvalue weighted by molar-refractivity contribution is 7.17. The Labute approximate surface area is 152 Å². The van der Waals surface area contributed by atoms with Crippen molar-refractivity contribution in [2.24, 2.45) is 0 Å². The molecule has 3 rings (SSSR count). The molecule has 138 valence electrons. The van der Waals surface area contributed by atoms with Gasteiger partial charge in [-0.05, 0) is 32.6 Å². The summed E-state index contributed by atoms with van der Waals surface area (Å²) in [6, 6.07) is 0.498. The number of rotatable bonds is 4. The van der Waals surface area contributed by atoms with Crippen LogP contribution in [0.2, 0.25) is 0 Å².